The lowest BCUT2D eigenvalue weighted by Crippen LogP contribution is -2.39. The predicted octanol–water partition coefficient (Wildman–Crippen LogP) is 3.28. The minimum absolute atomic E-state index is 0.0329. The summed E-state index contributed by atoms with van der Waals surface area (Å²) in [6.45, 7) is 1.89. The van der Waals surface area contributed by atoms with E-state index in [1.54, 1.807) is 6.20 Å². The molecule has 1 amide bonds. The first-order valence-corrected chi connectivity index (χ1v) is 6.83. The molecule has 20 heavy (non-hydrogen) atoms. The fraction of sp³-hybridized carbons (Fsp3) is 0.692. The molecule has 1 fully saturated rings. The van der Waals surface area contributed by atoms with Gasteiger partial charge in [-0.3, -0.25) is 9.89 Å². The van der Waals surface area contributed by atoms with E-state index in [2.05, 4.69) is 15.5 Å². The van der Waals surface area contributed by atoms with Gasteiger partial charge in [0.15, 0.2) is 0 Å². The molecule has 1 saturated carbocycles. The molecule has 0 saturated heterocycles. The molecule has 0 aliphatic heterocycles. The number of aromatic amines is 1. The number of carbonyl (C=O) groups is 1. The van der Waals surface area contributed by atoms with Crippen LogP contribution in [0.4, 0.5) is 19.0 Å². The number of H-pyrrole nitrogens is 1. The summed E-state index contributed by atoms with van der Waals surface area (Å²) in [6.07, 6.45) is -0.593. The Labute approximate surface area is 115 Å². The molecule has 1 aliphatic carbocycles. The Hall–Kier alpha value is -1.53. The molecule has 2 unspecified atom stereocenters. The van der Waals surface area contributed by atoms with Crippen molar-refractivity contribution in [1.29, 1.82) is 0 Å². The summed E-state index contributed by atoms with van der Waals surface area (Å²) in [5.41, 5.74) is 0.790. The molecular weight excluding hydrogens is 271 g/mol. The Morgan fingerprint density at radius 3 is 2.80 bits per heavy atom. The van der Waals surface area contributed by atoms with E-state index >= 15 is 0 Å². The Kier molecular flexibility index (Phi) is 4.35. The van der Waals surface area contributed by atoms with Gasteiger partial charge in [-0.25, -0.2) is 0 Å². The van der Waals surface area contributed by atoms with Crippen molar-refractivity contribution in [3.63, 3.8) is 0 Å². The van der Waals surface area contributed by atoms with E-state index in [0.29, 0.717) is 25.1 Å². The van der Waals surface area contributed by atoms with E-state index in [1.165, 1.54) is 0 Å². The van der Waals surface area contributed by atoms with Crippen LogP contribution in [0.5, 0.6) is 0 Å². The van der Waals surface area contributed by atoms with Crippen LogP contribution in [0.2, 0.25) is 0 Å². The number of rotatable bonds is 3. The summed E-state index contributed by atoms with van der Waals surface area (Å²) in [6, 6.07) is 0. The number of carbonyl (C=O) groups excluding carboxylic acids is 1. The summed E-state index contributed by atoms with van der Waals surface area (Å²) in [5, 5.41) is 8.97. The second-order valence-electron chi connectivity index (χ2n) is 5.15. The molecule has 0 aromatic carbocycles. The molecule has 112 valence electrons. The maximum atomic E-state index is 13.0. The molecule has 0 radical (unpaired) electrons. The van der Waals surface area contributed by atoms with Crippen molar-refractivity contribution in [2.24, 2.45) is 11.8 Å². The number of aromatic nitrogens is 2. The van der Waals surface area contributed by atoms with Gasteiger partial charge in [0, 0.05) is 11.5 Å². The maximum Gasteiger partial charge on any atom is 0.392 e. The fourth-order valence-electron chi connectivity index (χ4n) is 2.74. The zero-order valence-electron chi connectivity index (χ0n) is 11.3. The summed E-state index contributed by atoms with van der Waals surface area (Å²) in [5.74, 6) is -2.70. The number of nitrogens with one attached hydrogen (secondary N) is 2. The second-order valence-corrected chi connectivity index (χ2v) is 5.15. The number of nitrogens with zero attached hydrogens (tertiary/aromatic N) is 1. The number of hydrogen-bond donors (Lipinski definition) is 2. The Morgan fingerprint density at radius 1 is 1.45 bits per heavy atom. The third-order valence-electron chi connectivity index (χ3n) is 3.87. The lowest BCUT2D eigenvalue weighted by Gasteiger charge is -2.31. The van der Waals surface area contributed by atoms with Gasteiger partial charge in [-0.15, -0.1) is 0 Å². The standard InChI is InChI=1S/C13H18F3N3O/c1-2-8-7-17-19-11(8)18-12(20)9-5-3-4-6-10(9)13(14,15)16/h7,9-10H,2-6H2,1H3,(H2,17,18,19,20). The molecule has 2 N–H and O–H groups in total. The normalized spacial score (nSPS) is 23.6. The van der Waals surface area contributed by atoms with Crippen molar-refractivity contribution in [3.05, 3.63) is 11.8 Å². The van der Waals surface area contributed by atoms with Gasteiger partial charge in [0.05, 0.1) is 12.1 Å². The highest BCUT2D eigenvalue weighted by atomic mass is 19.4. The lowest BCUT2D eigenvalue weighted by molar-refractivity contribution is -0.197. The average molecular weight is 289 g/mol. The van der Waals surface area contributed by atoms with Gasteiger partial charge in [-0.2, -0.15) is 18.3 Å². The quantitative estimate of drug-likeness (QED) is 0.897. The fourth-order valence-corrected chi connectivity index (χ4v) is 2.74. The van der Waals surface area contributed by atoms with Crippen LogP contribution < -0.4 is 5.32 Å². The number of hydrogen-bond acceptors (Lipinski definition) is 2. The number of amides is 1. The molecule has 7 heteroatoms. The van der Waals surface area contributed by atoms with Crippen LogP contribution in [0, 0.1) is 11.8 Å². The summed E-state index contributed by atoms with van der Waals surface area (Å²) < 4.78 is 38.9. The number of alkyl halides is 3. The number of anilines is 1. The summed E-state index contributed by atoms with van der Waals surface area (Å²) in [4.78, 5) is 12.1. The zero-order valence-corrected chi connectivity index (χ0v) is 11.3. The Balaban J connectivity index is 2.10. The molecule has 1 heterocycles. The van der Waals surface area contributed by atoms with E-state index in [0.717, 1.165) is 5.56 Å². The average Bonchev–Trinajstić information content (AvgIpc) is 2.85. The summed E-state index contributed by atoms with van der Waals surface area (Å²) in [7, 11) is 0. The van der Waals surface area contributed by atoms with Gasteiger partial charge in [-0.1, -0.05) is 19.8 Å². The minimum atomic E-state index is -4.32. The molecule has 2 atom stereocenters. The topological polar surface area (TPSA) is 57.8 Å². The van der Waals surface area contributed by atoms with E-state index in [4.69, 9.17) is 0 Å². The third-order valence-corrected chi connectivity index (χ3v) is 3.87. The van der Waals surface area contributed by atoms with Gasteiger partial charge >= 0.3 is 6.18 Å². The molecule has 0 spiro atoms. The molecular formula is C13H18F3N3O. The van der Waals surface area contributed by atoms with Crippen molar-refractivity contribution in [2.75, 3.05) is 5.32 Å². The molecule has 1 aromatic rings. The first-order valence-electron chi connectivity index (χ1n) is 6.83. The first kappa shape index (κ1) is 14.9. The number of aryl methyl sites for hydroxylation is 1. The van der Waals surface area contributed by atoms with Crippen molar-refractivity contribution in [2.45, 2.75) is 45.2 Å². The highest BCUT2D eigenvalue weighted by Crippen LogP contribution is 2.41. The van der Waals surface area contributed by atoms with Gasteiger partial charge < -0.3 is 5.32 Å². The molecule has 1 aliphatic rings. The largest absolute Gasteiger partial charge is 0.392 e. The van der Waals surface area contributed by atoms with Gasteiger partial charge in [0.1, 0.15) is 5.82 Å². The van der Waals surface area contributed by atoms with Crippen molar-refractivity contribution >= 4 is 11.7 Å². The second kappa shape index (κ2) is 5.85. The van der Waals surface area contributed by atoms with Crippen LogP contribution >= 0.6 is 0 Å². The predicted molar refractivity (Wildman–Crippen MR) is 68.1 cm³/mol. The van der Waals surface area contributed by atoms with Gasteiger partial charge in [-0.05, 0) is 19.3 Å². The van der Waals surface area contributed by atoms with Crippen LogP contribution in [0.3, 0.4) is 0 Å². The molecule has 0 bridgehead atoms. The van der Waals surface area contributed by atoms with E-state index < -0.39 is 23.9 Å². The Morgan fingerprint density at radius 2 is 2.15 bits per heavy atom. The van der Waals surface area contributed by atoms with Gasteiger partial charge in [0.2, 0.25) is 5.91 Å². The van der Waals surface area contributed by atoms with Crippen LogP contribution in [0.25, 0.3) is 0 Å². The van der Waals surface area contributed by atoms with Crippen LogP contribution in [0.1, 0.15) is 38.2 Å². The van der Waals surface area contributed by atoms with Crippen LogP contribution in [-0.2, 0) is 11.2 Å². The van der Waals surface area contributed by atoms with E-state index in [1.807, 2.05) is 6.92 Å². The first-order chi connectivity index (χ1) is 9.43. The molecule has 1 aromatic heterocycles. The van der Waals surface area contributed by atoms with Gasteiger partial charge in [0.25, 0.3) is 0 Å². The lowest BCUT2D eigenvalue weighted by atomic mass is 9.78. The third kappa shape index (κ3) is 3.13. The van der Waals surface area contributed by atoms with Crippen LogP contribution in [0.15, 0.2) is 6.20 Å². The molecule has 4 nitrogen and oxygen atoms in total. The smallest absolute Gasteiger partial charge is 0.311 e. The summed E-state index contributed by atoms with van der Waals surface area (Å²) >= 11 is 0. The van der Waals surface area contributed by atoms with Crippen molar-refractivity contribution in [3.8, 4) is 0 Å². The van der Waals surface area contributed by atoms with E-state index in [-0.39, 0.29) is 12.8 Å². The monoisotopic (exact) mass is 289 g/mol. The SMILES string of the molecule is CCc1cn[nH]c1NC(=O)C1CCCCC1C(F)(F)F. The van der Waals surface area contributed by atoms with Crippen molar-refractivity contribution in [1.82, 2.24) is 10.2 Å². The van der Waals surface area contributed by atoms with Crippen LogP contribution in [-0.4, -0.2) is 22.3 Å². The maximum absolute atomic E-state index is 13.0. The highest BCUT2D eigenvalue weighted by molar-refractivity contribution is 5.92. The van der Waals surface area contributed by atoms with Crippen molar-refractivity contribution < 1.29 is 18.0 Å². The number of halogens is 3. The zero-order chi connectivity index (χ0) is 14.8. The minimum Gasteiger partial charge on any atom is -0.311 e. The Bertz CT molecular complexity index is 470. The highest BCUT2D eigenvalue weighted by Gasteiger charge is 2.48. The van der Waals surface area contributed by atoms with E-state index in [9.17, 15) is 18.0 Å². The molecule has 2 rings (SSSR count).